The zero-order valence-electron chi connectivity index (χ0n) is 14.9. The second-order valence-corrected chi connectivity index (χ2v) is 4.85. The Bertz CT molecular complexity index is 828. The number of ether oxygens (including phenoxy) is 1. The number of carbonyl (C=O) groups excluding carboxylic acids is 1. The number of fused-ring (bicyclic) bond motifs is 1. The summed E-state index contributed by atoms with van der Waals surface area (Å²) in [7, 11) is 1.31. The second-order valence-electron chi connectivity index (χ2n) is 4.85. The molecule has 0 atom stereocenters. The molecule has 0 bridgehead atoms. The average molecular weight is 367 g/mol. The predicted molar refractivity (Wildman–Crippen MR) is 92.6 cm³/mol. The van der Waals surface area contributed by atoms with E-state index in [2.05, 4.69) is 14.8 Å². The van der Waals surface area contributed by atoms with Gasteiger partial charge in [0.15, 0.2) is 0 Å². The van der Waals surface area contributed by atoms with E-state index in [4.69, 9.17) is 4.79 Å². The monoisotopic (exact) mass is 367 g/mol. The van der Waals surface area contributed by atoms with E-state index in [0.717, 1.165) is 23.3 Å². The van der Waals surface area contributed by atoms with Gasteiger partial charge in [-0.25, -0.2) is 4.52 Å². The third kappa shape index (κ3) is 5.30. The first-order valence-corrected chi connectivity index (χ1v) is 7.81. The standard InChI is InChI=1S/C14H10F3N3.C2H4O2.C2H6/c1-9-4-5-20-13(6-9)11(8-19-20)12-3-2-10(7-18-12)14(15,16)17;1-4-2-3;1-2/h2-8H,1H3;2H,1H3;1-2H3. The molecule has 0 saturated carbocycles. The first-order chi connectivity index (χ1) is 12.4. The smallest absolute Gasteiger partial charge is 0.417 e. The highest BCUT2D eigenvalue weighted by molar-refractivity contribution is 5.77. The Kier molecular flexibility index (Phi) is 7.77. The van der Waals surface area contributed by atoms with E-state index in [-0.39, 0.29) is 0 Å². The summed E-state index contributed by atoms with van der Waals surface area (Å²) in [6, 6.07) is 6.22. The van der Waals surface area contributed by atoms with Crippen molar-refractivity contribution < 1.29 is 22.7 Å². The van der Waals surface area contributed by atoms with E-state index >= 15 is 0 Å². The lowest BCUT2D eigenvalue weighted by Crippen LogP contribution is -2.05. The number of aryl methyl sites for hydroxylation is 1. The molecule has 0 N–H and O–H groups in total. The van der Waals surface area contributed by atoms with Crippen molar-refractivity contribution in [1.29, 1.82) is 0 Å². The highest BCUT2D eigenvalue weighted by Gasteiger charge is 2.30. The molecule has 0 aliphatic heterocycles. The Morgan fingerprint density at radius 3 is 2.31 bits per heavy atom. The molecule has 0 aromatic carbocycles. The molecule has 3 aromatic rings. The largest absolute Gasteiger partial charge is 0.471 e. The molecule has 26 heavy (non-hydrogen) atoms. The first-order valence-electron chi connectivity index (χ1n) is 7.81. The summed E-state index contributed by atoms with van der Waals surface area (Å²) in [5, 5.41) is 4.16. The Balaban J connectivity index is 0.000000500. The number of hydrogen-bond acceptors (Lipinski definition) is 4. The van der Waals surface area contributed by atoms with Crippen molar-refractivity contribution >= 4 is 12.0 Å². The fourth-order valence-corrected chi connectivity index (χ4v) is 2.00. The molecule has 0 saturated heterocycles. The number of rotatable bonds is 2. The van der Waals surface area contributed by atoms with E-state index in [9.17, 15) is 13.2 Å². The highest BCUT2D eigenvalue weighted by atomic mass is 19.4. The van der Waals surface area contributed by atoms with Crippen LogP contribution in [-0.2, 0) is 15.7 Å². The second kappa shape index (κ2) is 9.55. The minimum atomic E-state index is -4.37. The number of halogens is 3. The van der Waals surface area contributed by atoms with E-state index in [1.54, 1.807) is 16.9 Å². The fraction of sp³-hybridized carbons (Fsp3) is 0.278. The van der Waals surface area contributed by atoms with Crippen LogP contribution in [0.25, 0.3) is 16.8 Å². The molecule has 3 heterocycles. The van der Waals surface area contributed by atoms with Crippen molar-refractivity contribution in [2.45, 2.75) is 26.9 Å². The molecule has 140 valence electrons. The van der Waals surface area contributed by atoms with Crippen LogP contribution in [0, 0.1) is 6.92 Å². The van der Waals surface area contributed by atoms with Crippen LogP contribution in [0.2, 0.25) is 0 Å². The van der Waals surface area contributed by atoms with Crippen LogP contribution in [0.4, 0.5) is 13.2 Å². The van der Waals surface area contributed by atoms with Gasteiger partial charge < -0.3 is 4.74 Å². The topological polar surface area (TPSA) is 56.5 Å². The van der Waals surface area contributed by atoms with E-state index < -0.39 is 11.7 Å². The van der Waals surface area contributed by atoms with Crippen molar-refractivity contribution in [3.05, 3.63) is 54.0 Å². The molecule has 0 spiro atoms. The lowest BCUT2D eigenvalue weighted by molar-refractivity contribution is -0.137. The number of carbonyl (C=O) groups is 1. The van der Waals surface area contributed by atoms with Crippen molar-refractivity contribution in [3.63, 3.8) is 0 Å². The molecule has 0 aliphatic carbocycles. The minimum absolute atomic E-state index is 0.375. The molecule has 0 amide bonds. The lowest BCUT2D eigenvalue weighted by Gasteiger charge is -2.06. The Morgan fingerprint density at radius 2 is 1.81 bits per heavy atom. The summed E-state index contributed by atoms with van der Waals surface area (Å²) >= 11 is 0. The van der Waals surface area contributed by atoms with Gasteiger partial charge in [-0.15, -0.1) is 0 Å². The van der Waals surface area contributed by atoms with Crippen LogP contribution >= 0.6 is 0 Å². The molecule has 0 radical (unpaired) electrons. The SMILES string of the molecule is CC.COC=O.Cc1ccn2ncc(-c3ccc(C(F)(F)F)cn3)c2c1. The van der Waals surface area contributed by atoms with Crippen molar-refractivity contribution in [3.8, 4) is 11.3 Å². The Morgan fingerprint density at radius 1 is 1.15 bits per heavy atom. The summed E-state index contributed by atoms with van der Waals surface area (Å²) in [6.07, 6.45) is -0.125. The van der Waals surface area contributed by atoms with Gasteiger partial charge in [-0.2, -0.15) is 18.3 Å². The molecule has 0 aliphatic rings. The van der Waals surface area contributed by atoms with Crippen LogP contribution in [0.15, 0.2) is 42.9 Å². The molecule has 0 fully saturated rings. The summed E-state index contributed by atoms with van der Waals surface area (Å²) in [4.78, 5) is 12.8. The lowest BCUT2D eigenvalue weighted by atomic mass is 10.1. The van der Waals surface area contributed by atoms with Gasteiger partial charge in [-0.1, -0.05) is 13.8 Å². The molecule has 3 rings (SSSR count). The number of pyridine rings is 2. The van der Waals surface area contributed by atoms with Crippen LogP contribution in [0.5, 0.6) is 0 Å². The third-order valence-electron chi connectivity index (χ3n) is 3.14. The van der Waals surface area contributed by atoms with Gasteiger partial charge in [0.1, 0.15) is 0 Å². The van der Waals surface area contributed by atoms with E-state index in [0.29, 0.717) is 17.7 Å². The zero-order valence-corrected chi connectivity index (χ0v) is 14.9. The zero-order chi connectivity index (χ0) is 19.7. The molecule has 0 unspecified atom stereocenters. The van der Waals surface area contributed by atoms with Gasteiger partial charge in [0.05, 0.1) is 30.1 Å². The van der Waals surface area contributed by atoms with Gasteiger partial charge in [-0.3, -0.25) is 9.78 Å². The summed E-state index contributed by atoms with van der Waals surface area (Å²) in [5.41, 5.74) is 2.29. The molecule has 3 aromatic heterocycles. The molecular formula is C18H20F3N3O2. The van der Waals surface area contributed by atoms with Gasteiger partial charge in [0.2, 0.25) is 0 Å². The quantitative estimate of drug-likeness (QED) is 0.624. The number of methoxy groups -OCH3 is 1. The number of aromatic nitrogens is 3. The number of nitrogens with zero attached hydrogens (tertiary/aromatic N) is 3. The van der Waals surface area contributed by atoms with E-state index in [1.807, 2.05) is 32.9 Å². The van der Waals surface area contributed by atoms with Crippen molar-refractivity contribution in [2.24, 2.45) is 0 Å². The predicted octanol–water partition coefficient (Wildman–Crippen LogP) is 4.54. The maximum atomic E-state index is 12.5. The summed E-state index contributed by atoms with van der Waals surface area (Å²) in [5.74, 6) is 0. The maximum Gasteiger partial charge on any atom is 0.417 e. The van der Waals surface area contributed by atoms with Crippen LogP contribution < -0.4 is 0 Å². The van der Waals surface area contributed by atoms with Gasteiger partial charge >= 0.3 is 6.18 Å². The average Bonchev–Trinajstić information content (AvgIpc) is 3.06. The Labute approximate surface area is 149 Å². The summed E-state index contributed by atoms with van der Waals surface area (Å²) in [6.45, 7) is 6.32. The minimum Gasteiger partial charge on any atom is -0.471 e. The van der Waals surface area contributed by atoms with Crippen LogP contribution in [0.1, 0.15) is 25.0 Å². The van der Waals surface area contributed by atoms with Crippen LogP contribution in [-0.4, -0.2) is 28.2 Å². The highest BCUT2D eigenvalue weighted by Crippen LogP contribution is 2.30. The maximum absolute atomic E-state index is 12.5. The van der Waals surface area contributed by atoms with Gasteiger partial charge in [0, 0.05) is 18.0 Å². The van der Waals surface area contributed by atoms with Gasteiger partial charge in [-0.05, 0) is 36.8 Å². The molecule has 5 nitrogen and oxygen atoms in total. The molecule has 8 heteroatoms. The van der Waals surface area contributed by atoms with Crippen molar-refractivity contribution in [2.75, 3.05) is 7.11 Å². The van der Waals surface area contributed by atoms with Crippen LogP contribution in [0.3, 0.4) is 0 Å². The fourth-order valence-electron chi connectivity index (χ4n) is 2.00. The molecular weight excluding hydrogens is 347 g/mol. The normalized spacial score (nSPS) is 10.3. The number of alkyl halides is 3. The van der Waals surface area contributed by atoms with Gasteiger partial charge in [0.25, 0.3) is 6.47 Å². The third-order valence-corrected chi connectivity index (χ3v) is 3.14. The first kappa shape index (κ1) is 21.1. The van der Waals surface area contributed by atoms with Crippen molar-refractivity contribution in [1.82, 2.24) is 14.6 Å². The number of hydrogen-bond donors (Lipinski definition) is 0. The Hall–Kier alpha value is -2.90. The van der Waals surface area contributed by atoms with E-state index in [1.165, 1.54) is 13.2 Å². The summed E-state index contributed by atoms with van der Waals surface area (Å²) < 4.78 is 43.1.